The van der Waals surface area contributed by atoms with Gasteiger partial charge in [-0.25, -0.2) is 4.21 Å². The summed E-state index contributed by atoms with van der Waals surface area (Å²) in [5.41, 5.74) is 1.40. The van der Waals surface area contributed by atoms with Gasteiger partial charge in [-0.3, -0.25) is 9.27 Å². The number of nitrogens with zero attached hydrogens (tertiary/aromatic N) is 2. The molecule has 0 bridgehead atoms. The van der Waals surface area contributed by atoms with E-state index in [4.69, 9.17) is 4.55 Å². The van der Waals surface area contributed by atoms with Crippen LogP contribution in [0.25, 0.3) is 11.0 Å². The van der Waals surface area contributed by atoms with Crippen molar-refractivity contribution in [2.75, 3.05) is 10.0 Å². The van der Waals surface area contributed by atoms with Crippen LogP contribution < -0.4 is 10.0 Å². The average molecular weight is 309 g/mol. The highest BCUT2D eigenvalue weighted by atomic mass is 32.2. The number of nitrogens with one attached hydrogen (secondary N) is 3. The maximum absolute atomic E-state index is 11.0. The summed E-state index contributed by atoms with van der Waals surface area (Å²) in [4.78, 5) is 3.01. The molecule has 0 spiro atoms. The molecule has 1 aliphatic carbocycles. The number of rotatable bonds is 4. The van der Waals surface area contributed by atoms with E-state index >= 15 is 0 Å². The van der Waals surface area contributed by atoms with Gasteiger partial charge < -0.3 is 10.3 Å². The summed E-state index contributed by atoms with van der Waals surface area (Å²) in [6.07, 6.45) is 6.54. The van der Waals surface area contributed by atoms with Crippen LogP contribution in [-0.2, 0) is 11.3 Å². The SMILES string of the molecule is CC1CCCCC1Nc1c(NS(=O)O)nnc2[nH]ccc12. The molecule has 21 heavy (non-hydrogen) atoms. The highest BCUT2D eigenvalue weighted by molar-refractivity contribution is 7.80. The van der Waals surface area contributed by atoms with Gasteiger partial charge in [0.15, 0.2) is 11.5 Å². The van der Waals surface area contributed by atoms with Crippen LogP contribution in [0.15, 0.2) is 12.3 Å². The quantitative estimate of drug-likeness (QED) is 0.650. The van der Waals surface area contributed by atoms with Gasteiger partial charge in [0.2, 0.25) is 0 Å². The van der Waals surface area contributed by atoms with Crippen molar-refractivity contribution in [1.82, 2.24) is 15.2 Å². The zero-order chi connectivity index (χ0) is 14.8. The summed E-state index contributed by atoms with van der Waals surface area (Å²) in [5, 5.41) is 12.4. The van der Waals surface area contributed by atoms with Crippen LogP contribution in [0.5, 0.6) is 0 Å². The fourth-order valence-electron chi connectivity index (χ4n) is 2.94. The zero-order valence-electron chi connectivity index (χ0n) is 11.8. The van der Waals surface area contributed by atoms with Gasteiger partial charge in [-0.15, -0.1) is 10.2 Å². The molecule has 2 aromatic rings. The first-order valence-corrected chi connectivity index (χ1v) is 8.23. The minimum Gasteiger partial charge on any atom is -0.378 e. The number of aromatic amines is 1. The Morgan fingerprint density at radius 2 is 2.19 bits per heavy atom. The van der Waals surface area contributed by atoms with Crippen molar-refractivity contribution >= 4 is 33.8 Å². The van der Waals surface area contributed by atoms with Gasteiger partial charge in [-0.05, 0) is 24.8 Å². The zero-order valence-corrected chi connectivity index (χ0v) is 12.6. The van der Waals surface area contributed by atoms with E-state index in [1.165, 1.54) is 19.3 Å². The van der Waals surface area contributed by atoms with E-state index in [0.29, 0.717) is 23.4 Å². The summed E-state index contributed by atoms with van der Waals surface area (Å²) in [6.45, 7) is 2.23. The molecular weight excluding hydrogens is 290 g/mol. The highest BCUT2D eigenvalue weighted by Crippen LogP contribution is 2.33. The molecule has 3 unspecified atom stereocenters. The largest absolute Gasteiger partial charge is 0.378 e. The van der Waals surface area contributed by atoms with Gasteiger partial charge in [-0.2, -0.15) is 0 Å². The first-order chi connectivity index (χ1) is 10.1. The minimum absolute atomic E-state index is 0.306. The molecule has 1 aliphatic rings. The van der Waals surface area contributed by atoms with Crippen LogP contribution in [0.2, 0.25) is 0 Å². The smallest absolute Gasteiger partial charge is 0.260 e. The predicted octanol–water partition coefficient (Wildman–Crippen LogP) is 2.50. The summed E-state index contributed by atoms with van der Waals surface area (Å²) in [7, 11) is 0. The summed E-state index contributed by atoms with van der Waals surface area (Å²) in [5.74, 6) is 0.870. The average Bonchev–Trinajstić information content (AvgIpc) is 2.91. The van der Waals surface area contributed by atoms with Crippen molar-refractivity contribution in [3.8, 4) is 0 Å². The third-order valence-electron chi connectivity index (χ3n) is 4.11. The third kappa shape index (κ3) is 3.01. The molecule has 4 N–H and O–H groups in total. The van der Waals surface area contributed by atoms with Crippen LogP contribution in [0.4, 0.5) is 11.5 Å². The molecule has 8 heteroatoms. The Hall–Kier alpha value is -1.67. The molecule has 0 amide bonds. The lowest BCUT2D eigenvalue weighted by atomic mass is 9.86. The summed E-state index contributed by atoms with van der Waals surface area (Å²) in [6, 6.07) is 2.24. The molecule has 3 atom stereocenters. The standard InChI is InChI=1S/C13H19N5O2S/c1-8-4-2-3-5-10(8)15-11-9-6-7-14-12(9)16-17-13(11)18-21(19)20/h6-8,10H,2-5H2,1H3,(H,17,18)(H,19,20)(H2,14,15,16). The molecule has 1 saturated carbocycles. The van der Waals surface area contributed by atoms with Crippen molar-refractivity contribution in [2.24, 2.45) is 5.92 Å². The van der Waals surface area contributed by atoms with E-state index in [1.807, 2.05) is 6.07 Å². The summed E-state index contributed by atoms with van der Waals surface area (Å²) < 4.78 is 22.6. The Labute approximate surface area is 125 Å². The van der Waals surface area contributed by atoms with Gasteiger partial charge >= 0.3 is 0 Å². The second-order valence-electron chi connectivity index (χ2n) is 5.53. The van der Waals surface area contributed by atoms with Crippen molar-refractivity contribution in [3.05, 3.63) is 12.3 Å². The Morgan fingerprint density at radius 3 is 2.95 bits per heavy atom. The fraction of sp³-hybridized carbons (Fsp3) is 0.538. The van der Waals surface area contributed by atoms with Crippen LogP contribution in [0.3, 0.4) is 0 Å². The topological polar surface area (TPSA) is 103 Å². The van der Waals surface area contributed by atoms with Crippen molar-refractivity contribution in [1.29, 1.82) is 0 Å². The number of hydrogen-bond acceptors (Lipinski definition) is 4. The lowest BCUT2D eigenvalue weighted by Crippen LogP contribution is -2.31. The van der Waals surface area contributed by atoms with E-state index in [1.54, 1.807) is 6.20 Å². The number of fused-ring (bicyclic) bond motifs is 1. The van der Waals surface area contributed by atoms with Crippen LogP contribution in [0, 0.1) is 5.92 Å². The second kappa shape index (κ2) is 5.98. The molecule has 0 aromatic carbocycles. The molecule has 2 heterocycles. The minimum atomic E-state index is -2.18. The van der Waals surface area contributed by atoms with E-state index < -0.39 is 11.3 Å². The van der Waals surface area contributed by atoms with E-state index in [-0.39, 0.29) is 0 Å². The Kier molecular flexibility index (Phi) is 4.07. The molecule has 0 aliphatic heterocycles. The maximum atomic E-state index is 11.0. The lowest BCUT2D eigenvalue weighted by Gasteiger charge is -2.30. The van der Waals surface area contributed by atoms with Crippen molar-refractivity contribution in [3.63, 3.8) is 0 Å². The van der Waals surface area contributed by atoms with Crippen LogP contribution in [-0.4, -0.2) is 30.0 Å². The predicted molar refractivity (Wildman–Crippen MR) is 83.3 cm³/mol. The molecule has 1 fully saturated rings. The maximum Gasteiger partial charge on any atom is 0.260 e. The first kappa shape index (κ1) is 14.3. The Bertz CT molecular complexity index is 659. The van der Waals surface area contributed by atoms with Gasteiger partial charge in [0.1, 0.15) is 0 Å². The summed E-state index contributed by atoms with van der Waals surface area (Å²) >= 11 is -2.18. The van der Waals surface area contributed by atoms with Crippen molar-refractivity contribution < 1.29 is 8.76 Å². The van der Waals surface area contributed by atoms with Crippen LogP contribution >= 0.6 is 0 Å². The first-order valence-electron chi connectivity index (χ1n) is 7.13. The number of hydrogen-bond donors (Lipinski definition) is 4. The Balaban J connectivity index is 1.97. The van der Waals surface area contributed by atoms with E-state index in [2.05, 4.69) is 32.1 Å². The fourth-order valence-corrected chi connectivity index (χ4v) is 3.25. The van der Waals surface area contributed by atoms with Gasteiger partial charge in [0.05, 0.1) is 5.69 Å². The van der Waals surface area contributed by atoms with Gasteiger partial charge in [0, 0.05) is 17.6 Å². The third-order valence-corrected chi connectivity index (χ3v) is 4.47. The molecule has 2 aromatic heterocycles. The molecule has 0 saturated heterocycles. The number of H-pyrrole nitrogens is 1. The second-order valence-corrected chi connectivity index (χ2v) is 6.23. The molecule has 7 nitrogen and oxygen atoms in total. The van der Waals surface area contributed by atoms with Crippen LogP contribution in [0.1, 0.15) is 32.6 Å². The van der Waals surface area contributed by atoms with Gasteiger partial charge in [0.25, 0.3) is 11.3 Å². The monoisotopic (exact) mass is 309 g/mol. The highest BCUT2D eigenvalue weighted by Gasteiger charge is 2.23. The molecular formula is C13H19N5O2S. The van der Waals surface area contributed by atoms with Gasteiger partial charge in [-0.1, -0.05) is 19.8 Å². The molecule has 3 rings (SSSR count). The number of aromatic nitrogens is 3. The van der Waals surface area contributed by atoms with E-state index in [0.717, 1.165) is 17.5 Å². The molecule has 114 valence electrons. The Morgan fingerprint density at radius 1 is 1.38 bits per heavy atom. The van der Waals surface area contributed by atoms with E-state index in [9.17, 15) is 4.21 Å². The van der Waals surface area contributed by atoms with Crippen molar-refractivity contribution in [2.45, 2.75) is 38.6 Å². The number of anilines is 2. The molecule has 0 radical (unpaired) electrons. The lowest BCUT2D eigenvalue weighted by molar-refractivity contribution is 0.350. The normalized spacial score (nSPS) is 23.9.